The van der Waals surface area contributed by atoms with E-state index < -0.39 is 0 Å². The molecule has 18 heavy (non-hydrogen) atoms. The van der Waals surface area contributed by atoms with Crippen molar-refractivity contribution in [3.8, 4) is 0 Å². The van der Waals surface area contributed by atoms with Crippen LogP contribution < -0.4 is 10.6 Å². The highest BCUT2D eigenvalue weighted by atomic mass is 15.4. The zero-order valence-electron chi connectivity index (χ0n) is 10.7. The lowest BCUT2D eigenvalue weighted by atomic mass is 10.0. The van der Waals surface area contributed by atoms with Gasteiger partial charge in [-0.05, 0) is 37.8 Å². The van der Waals surface area contributed by atoms with Crippen molar-refractivity contribution < 1.29 is 0 Å². The number of fused-ring (bicyclic) bond motifs is 1. The molecular weight excluding hydrogens is 226 g/mol. The van der Waals surface area contributed by atoms with E-state index in [-0.39, 0.29) is 0 Å². The number of pyridine rings is 1. The van der Waals surface area contributed by atoms with E-state index in [1.165, 1.54) is 18.4 Å². The number of piperidine rings is 1. The summed E-state index contributed by atoms with van der Waals surface area (Å²) >= 11 is 0. The molecule has 96 valence electrons. The van der Waals surface area contributed by atoms with Crippen LogP contribution in [0.2, 0.25) is 0 Å². The first kappa shape index (κ1) is 11.5. The number of aryl methyl sites for hydroxylation is 1. The third-order valence-electron chi connectivity index (χ3n) is 3.62. The van der Waals surface area contributed by atoms with E-state index in [0.29, 0.717) is 12.6 Å². The fourth-order valence-electron chi connectivity index (χ4n) is 2.60. The van der Waals surface area contributed by atoms with Gasteiger partial charge in [0, 0.05) is 25.3 Å². The lowest BCUT2D eigenvalue weighted by Crippen LogP contribution is -2.44. The van der Waals surface area contributed by atoms with Crippen LogP contribution in [0.5, 0.6) is 0 Å². The molecule has 1 unspecified atom stereocenters. The van der Waals surface area contributed by atoms with E-state index in [4.69, 9.17) is 5.73 Å². The van der Waals surface area contributed by atoms with Gasteiger partial charge >= 0.3 is 0 Å². The average molecular weight is 245 g/mol. The number of hydrogen-bond donors (Lipinski definition) is 1. The van der Waals surface area contributed by atoms with Gasteiger partial charge in [-0.2, -0.15) is 4.98 Å². The van der Waals surface area contributed by atoms with Crippen molar-refractivity contribution in [3.63, 3.8) is 0 Å². The summed E-state index contributed by atoms with van der Waals surface area (Å²) in [5.41, 5.74) is 7.93. The third kappa shape index (κ3) is 1.95. The van der Waals surface area contributed by atoms with Gasteiger partial charge in [0.1, 0.15) is 0 Å². The van der Waals surface area contributed by atoms with Crippen molar-refractivity contribution in [2.24, 2.45) is 5.73 Å². The first-order valence-electron chi connectivity index (χ1n) is 6.57. The number of nitrogens with two attached hydrogens (primary N) is 1. The summed E-state index contributed by atoms with van der Waals surface area (Å²) in [6.45, 7) is 3.75. The van der Waals surface area contributed by atoms with E-state index in [2.05, 4.69) is 28.0 Å². The lowest BCUT2D eigenvalue weighted by molar-refractivity contribution is 0.458. The van der Waals surface area contributed by atoms with Gasteiger partial charge in [0.2, 0.25) is 5.95 Å². The minimum absolute atomic E-state index is 0.386. The first-order chi connectivity index (χ1) is 8.78. The molecule has 0 aliphatic carbocycles. The molecule has 2 aromatic heterocycles. The molecule has 3 rings (SSSR count). The Morgan fingerprint density at radius 1 is 1.39 bits per heavy atom. The second kappa shape index (κ2) is 4.57. The molecule has 1 aliphatic rings. The molecule has 0 bridgehead atoms. The van der Waals surface area contributed by atoms with E-state index in [0.717, 1.165) is 24.6 Å². The van der Waals surface area contributed by atoms with Crippen LogP contribution in [0.15, 0.2) is 18.3 Å². The second-order valence-electron chi connectivity index (χ2n) is 5.00. The number of hydrogen-bond acceptors (Lipinski definition) is 4. The van der Waals surface area contributed by atoms with E-state index in [1.807, 2.05) is 16.8 Å². The molecule has 3 heterocycles. The van der Waals surface area contributed by atoms with Crippen LogP contribution in [0, 0.1) is 6.92 Å². The maximum Gasteiger partial charge on any atom is 0.245 e. The lowest BCUT2D eigenvalue weighted by Gasteiger charge is -2.33. The van der Waals surface area contributed by atoms with Crippen molar-refractivity contribution in [1.82, 2.24) is 14.6 Å². The van der Waals surface area contributed by atoms with Crippen molar-refractivity contribution in [3.05, 3.63) is 23.9 Å². The topological polar surface area (TPSA) is 59.5 Å². The summed E-state index contributed by atoms with van der Waals surface area (Å²) in [5.74, 6) is 0.816. The van der Waals surface area contributed by atoms with E-state index in [1.54, 1.807) is 0 Å². The van der Waals surface area contributed by atoms with Gasteiger partial charge in [-0.25, -0.2) is 4.52 Å². The largest absolute Gasteiger partial charge is 0.335 e. The molecule has 1 atom stereocenters. The zero-order chi connectivity index (χ0) is 12.5. The fraction of sp³-hybridized carbons (Fsp3) is 0.538. The molecule has 1 saturated heterocycles. The molecule has 5 heteroatoms. The van der Waals surface area contributed by atoms with Crippen molar-refractivity contribution in [1.29, 1.82) is 0 Å². The molecule has 5 nitrogen and oxygen atoms in total. The van der Waals surface area contributed by atoms with Crippen molar-refractivity contribution in [2.45, 2.75) is 32.2 Å². The Labute approximate surface area is 107 Å². The first-order valence-corrected chi connectivity index (χ1v) is 6.57. The number of anilines is 1. The summed E-state index contributed by atoms with van der Waals surface area (Å²) < 4.78 is 1.85. The van der Waals surface area contributed by atoms with Crippen LogP contribution in [0.25, 0.3) is 5.65 Å². The molecular formula is C13H19N5. The molecule has 0 aromatic carbocycles. The Morgan fingerprint density at radius 3 is 3.11 bits per heavy atom. The predicted octanol–water partition coefficient (Wildman–Crippen LogP) is 1.36. The van der Waals surface area contributed by atoms with E-state index >= 15 is 0 Å². The van der Waals surface area contributed by atoms with Gasteiger partial charge in [-0.3, -0.25) is 0 Å². The number of nitrogens with zero attached hydrogens (tertiary/aromatic N) is 4. The average Bonchev–Trinajstić information content (AvgIpc) is 2.81. The standard InChI is InChI=1S/C13H19N5/c1-10-5-6-12-15-13(16-18(12)9-10)17-7-3-2-4-11(17)8-14/h5-6,9,11H,2-4,7-8,14H2,1H3. The van der Waals surface area contributed by atoms with Gasteiger partial charge in [-0.1, -0.05) is 6.07 Å². The maximum atomic E-state index is 5.85. The van der Waals surface area contributed by atoms with Crippen molar-refractivity contribution in [2.75, 3.05) is 18.0 Å². The smallest absolute Gasteiger partial charge is 0.245 e. The SMILES string of the molecule is Cc1ccc2nc(N3CCCCC3CN)nn2c1. The Kier molecular flexibility index (Phi) is 2.91. The molecule has 0 saturated carbocycles. The Bertz CT molecular complexity index is 547. The van der Waals surface area contributed by atoms with Gasteiger partial charge in [0.05, 0.1) is 0 Å². The van der Waals surface area contributed by atoms with Crippen LogP contribution >= 0.6 is 0 Å². The predicted molar refractivity (Wildman–Crippen MR) is 71.8 cm³/mol. The molecule has 2 N–H and O–H groups in total. The van der Waals surface area contributed by atoms with Crippen molar-refractivity contribution >= 4 is 11.6 Å². The van der Waals surface area contributed by atoms with Gasteiger partial charge in [-0.15, -0.1) is 5.10 Å². The van der Waals surface area contributed by atoms with Crippen LogP contribution in [-0.2, 0) is 0 Å². The Balaban J connectivity index is 1.97. The Morgan fingerprint density at radius 2 is 2.28 bits per heavy atom. The molecule has 1 aliphatic heterocycles. The van der Waals surface area contributed by atoms with Gasteiger partial charge in [0.15, 0.2) is 5.65 Å². The van der Waals surface area contributed by atoms with E-state index in [9.17, 15) is 0 Å². The van der Waals surface area contributed by atoms with Crippen LogP contribution in [0.4, 0.5) is 5.95 Å². The minimum atomic E-state index is 0.386. The summed E-state index contributed by atoms with van der Waals surface area (Å²) in [7, 11) is 0. The van der Waals surface area contributed by atoms with Gasteiger partial charge in [0.25, 0.3) is 0 Å². The summed E-state index contributed by atoms with van der Waals surface area (Å²) in [4.78, 5) is 6.85. The van der Waals surface area contributed by atoms with Gasteiger partial charge < -0.3 is 10.6 Å². The molecule has 0 amide bonds. The highest BCUT2D eigenvalue weighted by Gasteiger charge is 2.24. The summed E-state index contributed by atoms with van der Waals surface area (Å²) in [6.07, 6.45) is 5.61. The maximum absolute atomic E-state index is 5.85. The van der Waals surface area contributed by atoms with Crippen LogP contribution in [0.3, 0.4) is 0 Å². The highest BCUT2D eigenvalue weighted by Crippen LogP contribution is 2.22. The monoisotopic (exact) mass is 245 g/mol. The summed E-state index contributed by atoms with van der Waals surface area (Å²) in [6, 6.07) is 4.45. The third-order valence-corrected chi connectivity index (χ3v) is 3.62. The molecule has 1 fully saturated rings. The zero-order valence-corrected chi connectivity index (χ0v) is 10.7. The normalized spacial score (nSPS) is 20.6. The number of aromatic nitrogens is 3. The number of rotatable bonds is 2. The van der Waals surface area contributed by atoms with Crippen LogP contribution in [-0.4, -0.2) is 33.7 Å². The second-order valence-corrected chi connectivity index (χ2v) is 5.00. The molecule has 2 aromatic rings. The molecule has 0 spiro atoms. The molecule has 0 radical (unpaired) electrons. The van der Waals surface area contributed by atoms with Crippen LogP contribution in [0.1, 0.15) is 24.8 Å². The fourth-order valence-corrected chi connectivity index (χ4v) is 2.60. The summed E-state index contributed by atoms with van der Waals surface area (Å²) in [5, 5.41) is 4.57. The highest BCUT2D eigenvalue weighted by molar-refractivity contribution is 5.46. The minimum Gasteiger partial charge on any atom is -0.335 e. The quantitative estimate of drug-likeness (QED) is 0.867. The Hall–Kier alpha value is -1.62.